The van der Waals surface area contributed by atoms with Crippen LogP contribution >= 0.6 is 0 Å². The Labute approximate surface area is 88.5 Å². The largest absolute Gasteiger partial charge is 0.299 e. The molecule has 0 amide bonds. The Kier molecular flexibility index (Phi) is 3.83. The number of rotatable bonds is 4. The number of nitro groups is 1. The van der Waals surface area contributed by atoms with E-state index in [1.807, 2.05) is 6.92 Å². The highest BCUT2D eigenvalue weighted by Crippen LogP contribution is 2.23. The fraction of sp³-hybridized carbons (Fsp3) is 0.273. The molecule has 0 aliphatic heterocycles. The molecular formula is C11H12N2O2. The maximum atomic E-state index is 10.7. The van der Waals surface area contributed by atoms with Gasteiger partial charge in [-0.2, -0.15) is 0 Å². The molecule has 1 unspecified atom stereocenters. The molecule has 1 rings (SSSR count). The summed E-state index contributed by atoms with van der Waals surface area (Å²) in [5, 5.41) is 13.7. The highest BCUT2D eigenvalue weighted by molar-refractivity contribution is 5.41. The molecular weight excluding hydrogens is 192 g/mol. The Morgan fingerprint density at radius 1 is 1.60 bits per heavy atom. The lowest BCUT2D eigenvalue weighted by molar-refractivity contribution is -0.385. The second-order valence-corrected chi connectivity index (χ2v) is 3.12. The summed E-state index contributed by atoms with van der Waals surface area (Å²) in [6.07, 6.45) is 5.11. The quantitative estimate of drug-likeness (QED) is 0.463. The lowest BCUT2D eigenvalue weighted by Crippen LogP contribution is -2.19. The van der Waals surface area contributed by atoms with Crippen LogP contribution in [0.4, 0.5) is 5.69 Å². The van der Waals surface area contributed by atoms with Crippen LogP contribution in [-0.2, 0) is 0 Å². The first kappa shape index (κ1) is 11.2. The van der Waals surface area contributed by atoms with Crippen LogP contribution < -0.4 is 5.32 Å². The Hall–Kier alpha value is -1.86. The first-order chi connectivity index (χ1) is 7.16. The zero-order chi connectivity index (χ0) is 11.3. The van der Waals surface area contributed by atoms with Gasteiger partial charge in [0.15, 0.2) is 0 Å². The van der Waals surface area contributed by atoms with Gasteiger partial charge in [0, 0.05) is 17.7 Å². The van der Waals surface area contributed by atoms with Gasteiger partial charge in [-0.25, -0.2) is 0 Å². The van der Waals surface area contributed by atoms with E-state index in [1.54, 1.807) is 18.2 Å². The third kappa shape index (κ3) is 2.79. The first-order valence-electron chi connectivity index (χ1n) is 4.57. The number of terminal acetylenes is 1. The van der Waals surface area contributed by atoms with Crippen molar-refractivity contribution in [1.29, 1.82) is 0 Å². The van der Waals surface area contributed by atoms with Gasteiger partial charge in [0.05, 0.1) is 11.5 Å². The van der Waals surface area contributed by atoms with Crippen molar-refractivity contribution in [3.05, 3.63) is 39.9 Å². The van der Waals surface area contributed by atoms with Crippen LogP contribution in [0.3, 0.4) is 0 Å². The third-order valence-electron chi connectivity index (χ3n) is 2.11. The fourth-order valence-corrected chi connectivity index (χ4v) is 1.34. The van der Waals surface area contributed by atoms with Gasteiger partial charge in [-0.05, 0) is 6.92 Å². The SMILES string of the molecule is C#CCNC(C)c1ccccc1[N+](=O)[O-]. The van der Waals surface area contributed by atoms with Crippen molar-refractivity contribution >= 4 is 5.69 Å². The summed E-state index contributed by atoms with van der Waals surface area (Å²) >= 11 is 0. The molecule has 0 spiro atoms. The molecule has 4 heteroatoms. The molecule has 0 bridgehead atoms. The topological polar surface area (TPSA) is 55.2 Å². The van der Waals surface area contributed by atoms with E-state index in [0.29, 0.717) is 12.1 Å². The Bertz CT molecular complexity index is 396. The molecule has 4 nitrogen and oxygen atoms in total. The van der Waals surface area contributed by atoms with E-state index >= 15 is 0 Å². The second kappa shape index (κ2) is 5.13. The molecule has 78 valence electrons. The van der Waals surface area contributed by atoms with E-state index in [2.05, 4.69) is 11.2 Å². The molecule has 1 aromatic carbocycles. The van der Waals surface area contributed by atoms with Crippen molar-refractivity contribution in [2.45, 2.75) is 13.0 Å². The number of nitrogens with one attached hydrogen (secondary N) is 1. The van der Waals surface area contributed by atoms with Crippen LogP contribution in [0.15, 0.2) is 24.3 Å². The normalized spacial score (nSPS) is 11.7. The molecule has 0 heterocycles. The molecule has 0 aliphatic carbocycles. The molecule has 0 fully saturated rings. The van der Waals surface area contributed by atoms with Crippen molar-refractivity contribution in [2.75, 3.05) is 6.54 Å². The van der Waals surface area contributed by atoms with Crippen LogP contribution in [-0.4, -0.2) is 11.5 Å². The molecule has 1 N–H and O–H groups in total. The fourth-order valence-electron chi connectivity index (χ4n) is 1.34. The predicted molar refractivity (Wildman–Crippen MR) is 58.3 cm³/mol. The predicted octanol–water partition coefficient (Wildman–Crippen LogP) is 1.88. The zero-order valence-electron chi connectivity index (χ0n) is 8.43. The molecule has 1 aromatic rings. The van der Waals surface area contributed by atoms with E-state index in [-0.39, 0.29) is 16.7 Å². The summed E-state index contributed by atoms with van der Waals surface area (Å²) in [4.78, 5) is 10.4. The number of nitro benzene ring substituents is 1. The minimum Gasteiger partial charge on any atom is -0.299 e. The van der Waals surface area contributed by atoms with Crippen LogP contribution in [0.5, 0.6) is 0 Å². The summed E-state index contributed by atoms with van der Waals surface area (Å²) in [5.74, 6) is 2.44. The van der Waals surface area contributed by atoms with Crippen LogP contribution in [0, 0.1) is 22.5 Å². The van der Waals surface area contributed by atoms with E-state index in [9.17, 15) is 10.1 Å². The number of nitrogens with zero attached hydrogens (tertiary/aromatic N) is 1. The average molecular weight is 204 g/mol. The Balaban J connectivity index is 2.93. The summed E-state index contributed by atoms with van der Waals surface area (Å²) in [6.45, 7) is 2.24. The number of hydrogen-bond acceptors (Lipinski definition) is 3. The van der Waals surface area contributed by atoms with Gasteiger partial charge in [0.25, 0.3) is 5.69 Å². The van der Waals surface area contributed by atoms with Crippen molar-refractivity contribution in [1.82, 2.24) is 5.32 Å². The van der Waals surface area contributed by atoms with Gasteiger partial charge in [0.2, 0.25) is 0 Å². The lowest BCUT2D eigenvalue weighted by atomic mass is 10.1. The van der Waals surface area contributed by atoms with Gasteiger partial charge >= 0.3 is 0 Å². The summed E-state index contributed by atoms with van der Waals surface area (Å²) in [6, 6.07) is 6.52. The molecule has 0 aromatic heterocycles. The van der Waals surface area contributed by atoms with Crippen molar-refractivity contribution in [3.63, 3.8) is 0 Å². The van der Waals surface area contributed by atoms with Crippen LogP contribution in [0.2, 0.25) is 0 Å². The maximum absolute atomic E-state index is 10.7. The van der Waals surface area contributed by atoms with Crippen molar-refractivity contribution in [3.8, 4) is 12.3 Å². The maximum Gasteiger partial charge on any atom is 0.274 e. The molecule has 0 saturated carbocycles. The van der Waals surface area contributed by atoms with Crippen LogP contribution in [0.25, 0.3) is 0 Å². The highest BCUT2D eigenvalue weighted by Gasteiger charge is 2.16. The molecule has 15 heavy (non-hydrogen) atoms. The zero-order valence-corrected chi connectivity index (χ0v) is 8.43. The first-order valence-corrected chi connectivity index (χ1v) is 4.57. The number of benzene rings is 1. The van der Waals surface area contributed by atoms with E-state index in [0.717, 1.165) is 0 Å². The van der Waals surface area contributed by atoms with Gasteiger partial charge in [-0.15, -0.1) is 6.42 Å². The summed E-state index contributed by atoms with van der Waals surface area (Å²) < 4.78 is 0. The number of para-hydroxylation sites is 1. The summed E-state index contributed by atoms with van der Waals surface area (Å²) in [5.41, 5.74) is 0.771. The van der Waals surface area contributed by atoms with Crippen molar-refractivity contribution in [2.24, 2.45) is 0 Å². The standard InChI is InChI=1S/C11H12N2O2/c1-3-8-12-9(2)10-6-4-5-7-11(10)13(14)15/h1,4-7,9,12H,8H2,2H3. The minimum atomic E-state index is -0.386. The molecule has 0 radical (unpaired) electrons. The summed E-state index contributed by atoms with van der Waals surface area (Å²) in [7, 11) is 0. The van der Waals surface area contributed by atoms with E-state index in [1.165, 1.54) is 6.07 Å². The third-order valence-corrected chi connectivity index (χ3v) is 2.11. The van der Waals surface area contributed by atoms with Gasteiger partial charge in [-0.1, -0.05) is 24.1 Å². The lowest BCUT2D eigenvalue weighted by Gasteiger charge is -2.11. The van der Waals surface area contributed by atoms with E-state index < -0.39 is 0 Å². The minimum absolute atomic E-state index is 0.120. The van der Waals surface area contributed by atoms with Crippen molar-refractivity contribution < 1.29 is 4.92 Å². The monoisotopic (exact) mass is 204 g/mol. The van der Waals surface area contributed by atoms with E-state index in [4.69, 9.17) is 6.42 Å². The highest BCUT2D eigenvalue weighted by atomic mass is 16.6. The second-order valence-electron chi connectivity index (χ2n) is 3.12. The molecule has 0 aliphatic rings. The Morgan fingerprint density at radius 3 is 2.87 bits per heavy atom. The van der Waals surface area contributed by atoms with Gasteiger partial charge < -0.3 is 0 Å². The molecule has 0 saturated heterocycles. The smallest absolute Gasteiger partial charge is 0.274 e. The van der Waals surface area contributed by atoms with Gasteiger partial charge in [0.1, 0.15) is 0 Å². The van der Waals surface area contributed by atoms with Crippen LogP contribution in [0.1, 0.15) is 18.5 Å². The van der Waals surface area contributed by atoms with Gasteiger partial charge in [-0.3, -0.25) is 15.4 Å². The number of hydrogen-bond donors (Lipinski definition) is 1. The average Bonchev–Trinajstić information content (AvgIpc) is 2.25. The Morgan fingerprint density at radius 2 is 2.27 bits per heavy atom. The molecule has 1 atom stereocenters.